The predicted molar refractivity (Wildman–Crippen MR) is 80.5 cm³/mol. The van der Waals surface area contributed by atoms with Crippen molar-refractivity contribution in [3.05, 3.63) is 66.0 Å². The van der Waals surface area contributed by atoms with Crippen LogP contribution in [0.5, 0.6) is 0 Å². The lowest BCUT2D eigenvalue weighted by Crippen LogP contribution is -1.93. The summed E-state index contributed by atoms with van der Waals surface area (Å²) < 4.78 is 13.4. The summed E-state index contributed by atoms with van der Waals surface area (Å²) in [5.41, 5.74) is 4.20. The molecular formula is C18H19F. The second-order valence-corrected chi connectivity index (χ2v) is 5.23. The van der Waals surface area contributed by atoms with Gasteiger partial charge in [-0.05, 0) is 46.7 Å². The van der Waals surface area contributed by atoms with Gasteiger partial charge in [-0.1, -0.05) is 56.8 Å². The molecular weight excluding hydrogens is 235 g/mol. The van der Waals surface area contributed by atoms with Crippen LogP contribution in [-0.2, 0) is 6.42 Å². The van der Waals surface area contributed by atoms with Crippen LogP contribution in [0.2, 0.25) is 0 Å². The van der Waals surface area contributed by atoms with Crippen molar-refractivity contribution in [3.63, 3.8) is 0 Å². The van der Waals surface area contributed by atoms with E-state index in [-0.39, 0.29) is 5.82 Å². The fraction of sp³-hybridized carbons (Fsp3) is 0.222. The van der Waals surface area contributed by atoms with E-state index in [1.807, 2.05) is 0 Å². The lowest BCUT2D eigenvalue weighted by molar-refractivity contribution is 0.628. The molecule has 0 nitrogen and oxygen atoms in total. The van der Waals surface area contributed by atoms with Gasteiger partial charge >= 0.3 is 0 Å². The summed E-state index contributed by atoms with van der Waals surface area (Å²) in [5.74, 6) is 0.426. The number of hydrogen-bond donors (Lipinski definition) is 0. The van der Waals surface area contributed by atoms with Crippen molar-refractivity contribution in [1.29, 1.82) is 0 Å². The Morgan fingerprint density at radius 1 is 1.11 bits per heavy atom. The Kier molecular flexibility index (Phi) is 4.16. The van der Waals surface area contributed by atoms with Crippen molar-refractivity contribution in [2.75, 3.05) is 0 Å². The zero-order valence-corrected chi connectivity index (χ0v) is 11.5. The second-order valence-electron chi connectivity index (χ2n) is 5.23. The zero-order chi connectivity index (χ0) is 13.8. The minimum absolute atomic E-state index is 0.216. The molecule has 0 amide bonds. The number of benzene rings is 2. The molecule has 2 aromatic carbocycles. The zero-order valence-electron chi connectivity index (χ0n) is 11.5. The van der Waals surface area contributed by atoms with E-state index >= 15 is 0 Å². The van der Waals surface area contributed by atoms with Crippen LogP contribution in [0.3, 0.4) is 0 Å². The Balaban J connectivity index is 2.36. The van der Waals surface area contributed by atoms with Crippen LogP contribution in [0.1, 0.15) is 25.0 Å². The molecule has 1 heteroatoms. The molecule has 0 fully saturated rings. The van der Waals surface area contributed by atoms with Gasteiger partial charge in [0.2, 0.25) is 0 Å². The van der Waals surface area contributed by atoms with E-state index in [1.165, 1.54) is 11.6 Å². The van der Waals surface area contributed by atoms with Gasteiger partial charge in [0.25, 0.3) is 0 Å². The van der Waals surface area contributed by atoms with Crippen molar-refractivity contribution >= 4 is 6.08 Å². The lowest BCUT2D eigenvalue weighted by Gasteiger charge is -2.09. The van der Waals surface area contributed by atoms with Crippen LogP contribution in [0.15, 0.2) is 49.0 Å². The fourth-order valence-corrected chi connectivity index (χ4v) is 2.25. The third-order valence-electron chi connectivity index (χ3n) is 3.14. The molecule has 0 heterocycles. The van der Waals surface area contributed by atoms with Crippen molar-refractivity contribution in [2.45, 2.75) is 20.3 Å². The van der Waals surface area contributed by atoms with E-state index < -0.39 is 0 Å². The lowest BCUT2D eigenvalue weighted by atomic mass is 9.96. The van der Waals surface area contributed by atoms with Gasteiger partial charge in [-0.3, -0.25) is 0 Å². The average Bonchev–Trinajstić information content (AvgIpc) is 2.39. The van der Waals surface area contributed by atoms with Crippen LogP contribution < -0.4 is 0 Å². The van der Waals surface area contributed by atoms with Gasteiger partial charge < -0.3 is 0 Å². The van der Waals surface area contributed by atoms with Gasteiger partial charge in [0, 0.05) is 0 Å². The third kappa shape index (κ3) is 3.31. The van der Waals surface area contributed by atoms with Crippen LogP contribution in [-0.4, -0.2) is 0 Å². The van der Waals surface area contributed by atoms with E-state index in [1.54, 1.807) is 18.2 Å². The number of hydrogen-bond acceptors (Lipinski definition) is 0. The first-order valence-corrected chi connectivity index (χ1v) is 6.61. The summed E-state index contributed by atoms with van der Waals surface area (Å²) in [5, 5.41) is 0. The highest BCUT2D eigenvalue weighted by molar-refractivity contribution is 5.74. The van der Waals surface area contributed by atoms with Gasteiger partial charge in [-0.2, -0.15) is 0 Å². The molecule has 0 aromatic heterocycles. The van der Waals surface area contributed by atoms with Gasteiger partial charge in [0.1, 0.15) is 5.82 Å². The van der Waals surface area contributed by atoms with Crippen LogP contribution >= 0.6 is 0 Å². The quantitative estimate of drug-likeness (QED) is 0.691. The number of halogens is 1. The molecule has 2 aromatic rings. The molecule has 2 rings (SSSR count). The van der Waals surface area contributed by atoms with Gasteiger partial charge in [-0.15, -0.1) is 0 Å². The molecule has 0 spiro atoms. The molecule has 0 saturated heterocycles. The summed E-state index contributed by atoms with van der Waals surface area (Å²) in [6, 6.07) is 13.1. The second kappa shape index (κ2) is 5.83. The van der Waals surface area contributed by atoms with E-state index in [0.29, 0.717) is 5.92 Å². The predicted octanol–water partition coefficient (Wildman–Crippen LogP) is 5.33. The molecule has 0 aliphatic rings. The molecule has 19 heavy (non-hydrogen) atoms. The SMILES string of the molecule is C=Cc1ccc(F)cc1-c1ccc(CC(C)C)cc1. The first-order chi connectivity index (χ1) is 9.10. The van der Waals surface area contributed by atoms with E-state index in [0.717, 1.165) is 23.1 Å². The molecule has 0 bridgehead atoms. The van der Waals surface area contributed by atoms with Crippen molar-refractivity contribution in [1.82, 2.24) is 0 Å². The molecule has 98 valence electrons. The van der Waals surface area contributed by atoms with Crippen molar-refractivity contribution in [3.8, 4) is 11.1 Å². The molecule has 0 aliphatic heterocycles. The van der Waals surface area contributed by atoms with E-state index in [2.05, 4.69) is 44.7 Å². The summed E-state index contributed by atoms with van der Waals surface area (Å²) in [6.07, 6.45) is 2.83. The summed E-state index contributed by atoms with van der Waals surface area (Å²) in [4.78, 5) is 0. The first-order valence-electron chi connectivity index (χ1n) is 6.61. The summed E-state index contributed by atoms with van der Waals surface area (Å²) >= 11 is 0. The maximum atomic E-state index is 13.4. The molecule has 0 radical (unpaired) electrons. The van der Waals surface area contributed by atoms with Gasteiger partial charge in [-0.25, -0.2) is 4.39 Å². The molecule has 0 saturated carbocycles. The Morgan fingerprint density at radius 3 is 2.37 bits per heavy atom. The molecule has 0 aliphatic carbocycles. The minimum Gasteiger partial charge on any atom is -0.207 e. The topological polar surface area (TPSA) is 0 Å². The molecule has 0 N–H and O–H groups in total. The largest absolute Gasteiger partial charge is 0.207 e. The third-order valence-corrected chi connectivity index (χ3v) is 3.14. The standard InChI is InChI=1S/C18H19F/c1-4-15-9-10-17(19)12-18(15)16-7-5-14(6-8-16)11-13(2)3/h4-10,12-13H,1,11H2,2-3H3. The highest BCUT2D eigenvalue weighted by atomic mass is 19.1. The summed E-state index contributed by atoms with van der Waals surface area (Å²) in [6.45, 7) is 8.19. The van der Waals surface area contributed by atoms with Gasteiger partial charge in [0.15, 0.2) is 0 Å². The Morgan fingerprint density at radius 2 is 1.79 bits per heavy atom. The molecule has 0 unspecified atom stereocenters. The number of rotatable bonds is 4. The maximum Gasteiger partial charge on any atom is 0.123 e. The average molecular weight is 254 g/mol. The smallest absolute Gasteiger partial charge is 0.123 e. The van der Waals surface area contributed by atoms with Crippen LogP contribution in [0, 0.1) is 11.7 Å². The minimum atomic E-state index is -0.216. The normalized spacial score (nSPS) is 10.7. The van der Waals surface area contributed by atoms with Crippen molar-refractivity contribution in [2.24, 2.45) is 5.92 Å². The van der Waals surface area contributed by atoms with Gasteiger partial charge in [0.05, 0.1) is 0 Å². The highest BCUT2D eigenvalue weighted by Crippen LogP contribution is 2.26. The highest BCUT2D eigenvalue weighted by Gasteiger charge is 2.05. The monoisotopic (exact) mass is 254 g/mol. The molecule has 0 atom stereocenters. The van der Waals surface area contributed by atoms with E-state index in [9.17, 15) is 4.39 Å². The van der Waals surface area contributed by atoms with E-state index in [4.69, 9.17) is 0 Å². The Hall–Kier alpha value is -1.89. The van der Waals surface area contributed by atoms with Crippen LogP contribution in [0.4, 0.5) is 4.39 Å². The summed E-state index contributed by atoms with van der Waals surface area (Å²) in [7, 11) is 0. The fourth-order valence-electron chi connectivity index (χ4n) is 2.25. The maximum absolute atomic E-state index is 13.4. The first kappa shape index (κ1) is 13.5. The Bertz CT molecular complexity index is 565. The van der Waals surface area contributed by atoms with Crippen molar-refractivity contribution < 1.29 is 4.39 Å². The Labute approximate surface area is 114 Å². The van der Waals surface area contributed by atoms with Crippen LogP contribution in [0.25, 0.3) is 17.2 Å².